The average Bonchev–Trinajstić information content (AvgIpc) is 2.93. The zero-order valence-electron chi connectivity index (χ0n) is 13.2. The molecule has 22 heavy (non-hydrogen) atoms. The summed E-state index contributed by atoms with van der Waals surface area (Å²) in [7, 11) is 0. The van der Waals surface area contributed by atoms with Gasteiger partial charge >= 0.3 is 0 Å². The SMILES string of the molecule is CC1(C)CN(Cc2csc(COc3ccccc3)n2)CCN1. The summed E-state index contributed by atoms with van der Waals surface area (Å²) in [5.74, 6) is 0.892. The molecule has 0 radical (unpaired) electrons. The van der Waals surface area contributed by atoms with Gasteiger partial charge in [0, 0.05) is 37.1 Å². The molecule has 1 aliphatic rings. The summed E-state index contributed by atoms with van der Waals surface area (Å²) in [5, 5.41) is 6.73. The van der Waals surface area contributed by atoms with Crippen LogP contribution in [0.2, 0.25) is 0 Å². The number of hydrogen-bond donors (Lipinski definition) is 1. The van der Waals surface area contributed by atoms with Crippen molar-refractivity contribution in [3.05, 3.63) is 46.4 Å². The Bertz CT molecular complexity index is 597. The smallest absolute Gasteiger partial charge is 0.140 e. The van der Waals surface area contributed by atoms with Crippen LogP contribution in [0.4, 0.5) is 0 Å². The van der Waals surface area contributed by atoms with E-state index in [1.807, 2.05) is 30.3 Å². The van der Waals surface area contributed by atoms with Crippen LogP contribution in [0.3, 0.4) is 0 Å². The number of nitrogens with zero attached hydrogens (tertiary/aromatic N) is 2. The van der Waals surface area contributed by atoms with E-state index in [4.69, 9.17) is 9.72 Å². The summed E-state index contributed by atoms with van der Waals surface area (Å²) < 4.78 is 5.75. The fraction of sp³-hybridized carbons (Fsp3) is 0.471. The second kappa shape index (κ2) is 6.77. The third-order valence-electron chi connectivity index (χ3n) is 3.74. The van der Waals surface area contributed by atoms with Crippen LogP contribution in [-0.4, -0.2) is 35.1 Å². The van der Waals surface area contributed by atoms with Gasteiger partial charge in [-0.1, -0.05) is 18.2 Å². The molecule has 0 bridgehead atoms. The van der Waals surface area contributed by atoms with Crippen LogP contribution in [0.15, 0.2) is 35.7 Å². The van der Waals surface area contributed by atoms with Gasteiger partial charge in [-0.15, -0.1) is 11.3 Å². The first-order valence-corrected chi connectivity index (χ1v) is 8.57. The molecule has 5 heteroatoms. The molecule has 1 aromatic heterocycles. The fourth-order valence-corrected chi connectivity index (χ4v) is 3.46. The monoisotopic (exact) mass is 317 g/mol. The molecule has 0 atom stereocenters. The standard InChI is InChI=1S/C17H23N3OS/c1-17(2)13-20(9-8-18-17)10-14-12-22-16(19-14)11-21-15-6-4-3-5-7-15/h3-7,12,18H,8-11,13H2,1-2H3. The molecule has 0 unspecified atom stereocenters. The zero-order chi connectivity index (χ0) is 15.4. The van der Waals surface area contributed by atoms with E-state index < -0.39 is 0 Å². The van der Waals surface area contributed by atoms with E-state index in [-0.39, 0.29) is 5.54 Å². The molecular weight excluding hydrogens is 294 g/mol. The van der Waals surface area contributed by atoms with Gasteiger partial charge in [0.15, 0.2) is 0 Å². The predicted octanol–water partition coefficient (Wildman–Crippen LogP) is 2.91. The molecule has 0 saturated carbocycles. The quantitative estimate of drug-likeness (QED) is 0.920. The highest BCUT2D eigenvalue weighted by molar-refractivity contribution is 7.09. The zero-order valence-corrected chi connectivity index (χ0v) is 14.0. The van der Waals surface area contributed by atoms with Crippen LogP contribution in [0.5, 0.6) is 5.75 Å². The topological polar surface area (TPSA) is 37.4 Å². The molecule has 0 spiro atoms. The van der Waals surface area contributed by atoms with E-state index in [1.54, 1.807) is 11.3 Å². The third kappa shape index (κ3) is 4.29. The molecule has 118 valence electrons. The summed E-state index contributed by atoms with van der Waals surface area (Å²) in [6, 6.07) is 9.89. The molecule has 1 aromatic carbocycles. The van der Waals surface area contributed by atoms with Gasteiger partial charge in [-0.25, -0.2) is 4.98 Å². The minimum absolute atomic E-state index is 0.188. The first kappa shape index (κ1) is 15.5. The van der Waals surface area contributed by atoms with Crippen molar-refractivity contribution in [2.75, 3.05) is 19.6 Å². The van der Waals surface area contributed by atoms with Crippen LogP contribution < -0.4 is 10.1 Å². The molecule has 0 aliphatic carbocycles. The second-order valence-electron chi connectivity index (χ2n) is 6.36. The van der Waals surface area contributed by atoms with Crippen molar-refractivity contribution in [1.29, 1.82) is 0 Å². The van der Waals surface area contributed by atoms with Crippen LogP contribution in [0, 0.1) is 0 Å². The van der Waals surface area contributed by atoms with Gasteiger partial charge in [-0.3, -0.25) is 4.90 Å². The molecule has 1 saturated heterocycles. The first-order valence-electron chi connectivity index (χ1n) is 7.69. The van der Waals surface area contributed by atoms with Crippen LogP contribution in [0.25, 0.3) is 0 Å². The number of thiazole rings is 1. The first-order chi connectivity index (χ1) is 10.6. The number of para-hydroxylation sites is 1. The van der Waals surface area contributed by atoms with Gasteiger partial charge in [0.05, 0.1) is 5.69 Å². The van der Waals surface area contributed by atoms with E-state index >= 15 is 0 Å². The Labute approximate surface area is 136 Å². The van der Waals surface area contributed by atoms with Gasteiger partial charge in [0.25, 0.3) is 0 Å². The molecular formula is C17H23N3OS. The highest BCUT2D eigenvalue weighted by Gasteiger charge is 2.25. The largest absolute Gasteiger partial charge is 0.486 e. The lowest BCUT2D eigenvalue weighted by atomic mass is 10.0. The molecule has 2 aromatic rings. The van der Waals surface area contributed by atoms with Gasteiger partial charge in [0.1, 0.15) is 17.4 Å². The van der Waals surface area contributed by atoms with Gasteiger partial charge in [0.2, 0.25) is 0 Å². The maximum atomic E-state index is 5.75. The van der Waals surface area contributed by atoms with E-state index in [0.717, 1.165) is 42.6 Å². The summed E-state index contributed by atoms with van der Waals surface area (Å²) in [6.45, 7) is 9.14. The molecule has 1 N–H and O–H groups in total. The van der Waals surface area contributed by atoms with Gasteiger partial charge < -0.3 is 10.1 Å². The Balaban J connectivity index is 1.53. The third-order valence-corrected chi connectivity index (χ3v) is 4.61. The van der Waals surface area contributed by atoms with Crippen LogP contribution in [0.1, 0.15) is 24.5 Å². The van der Waals surface area contributed by atoms with Crippen molar-refractivity contribution in [2.45, 2.75) is 32.5 Å². The highest BCUT2D eigenvalue weighted by Crippen LogP contribution is 2.18. The maximum Gasteiger partial charge on any atom is 0.140 e. The van der Waals surface area contributed by atoms with Crippen LogP contribution in [-0.2, 0) is 13.2 Å². The summed E-state index contributed by atoms with van der Waals surface area (Å²) >= 11 is 1.68. The molecule has 0 amide bonds. The minimum atomic E-state index is 0.188. The minimum Gasteiger partial charge on any atom is -0.486 e. The number of aromatic nitrogens is 1. The number of hydrogen-bond acceptors (Lipinski definition) is 5. The van der Waals surface area contributed by atoms with E-state index in [1.165, 1.54) is 0 Å². The Morgan fingerprint density at radius 3 is 2.91 bits per heavy atom. The Morgan fingerprint density at radius 1 is 1.32 bits per heavy atom. The van der Waals surface area contributed by atoms with Crippen molar-refractivity contribution in [3.8, 4) is 5.75 Å². The van der Waals surface area contributed by atoms with Gasteiger partial charge in [-0.05, 0) is 26.0 Å². The number of rotatable bonds is 5. The van der Waals surface area contributed by atoms with Crippen molar-refractivity contribution in [2.24, 2.45) is 0 Å². The average molecular weight is 317 g/mol. The lowest BCUT2D eigenvalue weighted by Crippen LogP contribution is -2.56. The van der Waals surface area contributed by atoms with Crippen molar-refractivity contribution in [3.63, 3.8) is 0 Å². The second-order valence-corrected chi connectivity index (χ2v) is 7.30. The highest BCUT2D eigenvalue weighted by atomic mass is 32.1. The Morgan fingerprint density at radius 2 is 2.14 bits per heavy atom. The van der Waals surface area contributed by atoms with Crippen molar-refractivity contribution in [1.82, 2.24) is 15.2 Å². The summed E-state index contributed by atoms with van der Waals surface area (Å²) in [6.07, 6.45) is 0. The molecule has 3 rings (SSSR count). The Hall–Kier alpha value is -1.43. The van der Waals surface area contributed by atoms with Crippen molar-refractivity contribution < 1.29 is 4.74 Å². The predicted molar refractivity (Wildman–Crippen MR) is 90.2 cm³/mol. The molecule has 1 fully saturated rings. The van der Waals surface area contributed by atoms with Gasteiger partial charge in [-0.2, -0.15) is 0 Å². The van der Waals surface area contributed by atoms with E-state index in [2.05, 4.69) is 29.4 Å². The van der Waals surface area contributed by atoms with E-state index in [9.17, 15) is 0 Å². The summed E-state index contributed by atoms with van der Waals surface area (Å²) in [4.78, 5) is 7.16. The number of piperazine rings is 1. The Kier molecular flexibility index (Phi) is 4.76. The maximum absolute atomic E-state index is 5.75. The van der Waals surface area contributed by atoms with Crippen LogP contribution >= 0.6 is 11.3 Å². The van der Waals surface area contributed by atoms with Crippen molar-refractivity contribution >= 4 is 11.3 Å². The fourth-order valence-electron chi connectivity index (χ4n) is 2.76. The summed E-state index contributed by atoms with van der Waals surface area (Å²) in [5.41, 5.74) is 1.34. The number of benzene rings is 1. The lowest BCUT2D eigenvalue weighted by Gasteiger charge is -2.38. The number of nitrogens with one attached hydrogen (secondary N) is 1. The number of ether oxygens (including phenoxy) is 1. The molecule has 2 heterocycles. The molecule has 1 aliphatic heterocycles. The van der Waals surface area contributed by atoms with E-state index in [0.29, 0.717) is 6.61 Å². The normalized spacial score (nSPS) is 18.3. The lowest BCUT2D eigenvalue weighted by molar-refractivity contribution is 0.147. The molecule has 4 nitrogen and oxygen atoms in total.